The van der Waals surface area contributed by atoms with Crippen LogP contribution in [0.25, 0.3) is 0 Å². The largest absolute Gasteiger partial charge is 0.272 e. The second-order valence-electron chi connectivity index (χ2n) is 1.22. The second-order valence-corrected chi connectivity index (χ2v) is 3.67. The molecule has 7 heavy (non-hydrogen) atoms. The van der Waals surface area contributed by atoms with E-state index in [1.54, 1.807) is 0 Å². The molecule has 0 rings (SSSR count). The fourth-order valence-electron chi connectivity index (χ4n) is 0. The third-order valence-corrected chi connectivity index (χ3v) is 0. The van der Waals surface area contributed by atoms with Crippen LogP contribution in [0.5, 0.6) is 0 Å². The first kappa shape index (κ1) is 7.11. The molecule has 6 nitrogen and oxygen atoms in total. The zero-order valence-electron chi connectivity index (χ0n) is 3.09. The summed E-state index contributed by atoms with van der Waals surface area (Å²) in [5.41, 5.74) is 0. The van der Waals surface area contributed by atoms with Crippen LogP contribution < -0.4 is 0 Å². The molecule has 0 saturated heterocycles. The molecule has 0 spiro atoms. The quantitative estimate of drug-likeness (QED) is 0.290. The summed E-state index contributed by atoms with van der Waals surface area (Å²) in [5.74, 6) is 0. The van der Waals surface area contributed by atoms with Gasteiger partial charge in [-0.3, -0.25) is 27.3 Å². The van der Waals surface area contributed by atoms with E-state index in [1.165, 1.54) is 0 Å². The van der Waals surface area contributed by atoms with Crippen LogP contribution in [0.4, 0.5) is 0 Å². The molecule has 0 aliphatic rings. The standard InChI is InChI=1S/H6O6S/c1-7(2,3,4,5)6/h1-6H. The highest BCUT2D eigenvalue weighted by molar-refractivity contribution is 8.39. The van der Waals surface area contributed by atoms with Gasteiger partial charge in [0.25, 0.3) is 0 Å². The van der Waals surface area contributed by atoms with E-state index >= 15 is 0 Å². The lowest BCUT2D eigenvalue weighted by atomic mass is 15.6. The molecular formula is H6O6S. The minimum atomic E-state index is -7.47. The van der Waals surface area contributed by atoms with Crippen LogP contribution in [0.15, 0.2) is 0 Å². The van der Waals surface area contributed by atoms with Gasteiger partial charge in [0.05, 0.1) is 0 Å². The molecule has 7 heteroatoms. The highest BCUT2D eigenvalue weighted by Gasteiger charge is 2.43. The molecule has 0 aromatic carbocycles. The van der Waals surface area contributed by atoms with Crippen LogP contribution in [0.3, 0.4) is 0 Å². The zero-order valence-corrected chi connectivity index (χ0v) is 3.91. The summed E-state index contributed by atoms with van der Waals surface area (Å²) < 4.78 is 44.1. The SMILES string of the molecule is OS(O)(O)(O)(O)O. The van der Waals surface area contributed by atoms with Crippen molar-refractivity contribution in [3.63, 3.8) is 0 Å². The van der Waals surface area contributed by atoms with Crippen molar-refractivity contribution in [2.45, 2.75) is 0 Å². The van der Waals surface area contributed by atoms with Crippen LogP contribution in [0.2, 0.25) is 0 Å². The van der Waals surface area contributed by atoms with Crippen LogP contribution in [-0.2, 0) is 0 Å². The highest BCUT2D eigenvalue weighted by Crippen LogP contribution is 2.68. The van der Waals surface area contributed by atoms with E-state index < -0.39 is 9.98 Å². The van der Waals surface area contributed by atoms with Crippen LogP contribution in [0.1, 0.15) is 0 Å². The van der Waals surface area contributed by atoms with E-state index in [4.69, 9.17) is 27.3 Å². The lowest BCUT2D eigenvalue weighted by Gasteiger charge is -2.49. The van der Waals surface area contributed by atoms with Crippen molar-refractivity contribution >= 4 is 9.98 Å². The van der Waals surface area contributed by atoms with Gasteiger partial charge in [-0.1, -0.05) is 0 Å². The monoisotopic (exact) mass is 134 g/mol. The molecular weight excluding hydrogens is 128 g/mol. The lowest BCUT2D eigenvalue weighted by Crippen LogP contribution is -2.31. The maximum atomic E-state index is 7.35. The Bertz CT molecular complexity index is 62.7. The number of hydrogen-bond donors (Lipinski definition) is 6. The van der Waals surface area contributed by atoms with E-state index in [1.807, 2.05) is 0 Å². The average Bonchev–Trinajstić information content (AvgIpc) is 0.592. The summed E-state index contributed by atoms with van der Waals surface area (Å²) in [4.78, 5) is 0. The molecule has 0 aliphatic heterocycles. The van der Waals surface area contributed by atoms with Gasteiger partial charge in [-0.15, -0.1) is 0 Å². The van der Waals surface area contributed by atoms with E-state index in [0.29, 0.717) is 0 Å². The van der Waals surface area contributed by atoms with Gasteiger partial charge in [-0.2, -0.15) is 0 Å². The molecule has 0 bridgehead atoms. The number of hydrogen-bond acceptors (Lipinski definition) is 6. The van der Waals surface area contributed by atoms with Crippen molar-refractivity contribution in [3.05, 3.63) is 0 Å². The molecule has 0 amide bonds. The Labute approximate surface area is 38.4 Å². The van der Waals surface area contributed by atoms with Gasteiger partial charge in [-0.05, 0) is 0 Å². The van der Waals surface area contributed by atoms with Crippen molar-refractivity contribution < 1.29 is 27.3 Å². The first-order valence-electron chi connectivity index (χ1n) is 1.10. The van der Waals surface area contributed by atoms with Crippen molar-refractivity contribution in [2.75, 3.05) is 0 Å². The third-order valence-electron chi connectivity index (χ3n) is 0. The minimum absolute atomic E-state index is 7.35. The Morgan fingerprint density at radius 3 is 0.571 bits per heavy atom. The Morgan fingerprint density at radius 2 is 0.571 bits per heavy atom. The normalized spacial score (nSPS) is 23.1. The molecule has 0 aromatic rings. The molecule has 0 saturated carbocycles. The van der Waals surface area contributed by atoms with E-state index in [9.17, 15) is 0 Å². The lowest BCUT2D eigenvalue weighted by molar-refractivity contribution is 0.0348. The predicted molar refractivity (Wildman–Crippen MR) is 23.4 cm³/mol. The Kier molecular flexibility index (Phi) is 0.710. The number of rotatable bonds is 0. The van der Waals surface area contributed by atoms with Crippen molar-refractivity contribution in [1.82, 2.24) is 0 Å². The maximum Gasteiger partial charge on any atom is 0.213 e. The van der Waals surface area contributed by atoms with Gasteiger partial charge in [0.15, 0.2) is 0 Å². The molecule has 6 N–H and O–H groups in total. The van der Waals surface area contributed by atoms with Gasteiger partial charge in [0.2, 0.25) is 9.98 Å². The van der Waals surface area contributed by atoms with Gasteiger partial charge in [0, 0.05) is 0 Å². The molecule has 0 aliphatic carbocycles. The topological polar surface area (TPSA) is 121 Å². The van der Waals surface area contributed by atoms with Gasteiger partial charge >= 0.3 is 0 Å². The average molecular weight is 134 g/mol. The van der Waals surface area contributed by atoms with E-state index in [2.05, 4.69) is 0 Å². The predicted octanol–water partition coefficient (Wildman–Crippen LogP) is 0.700. The van der Waals surface area contributed by atoms with Crippen molar-refractivity contribution in [1.29, 1.82) is 0 Å². The Balaban J connectivity index is 4.43. The van der Waals surface area contributed by atoms with E-state index in [0.717, 1.165) is 0 Å². The Morgan fingerprint density at radius 1 is 0.571 bits per heavy atom. The van der Waals surface area contributed by atoms with Crippen LogP contribution >= 0.6 is 9.98 Å². The molecule has 0 radical (unpaired) electrons. The third kappa shape index (κ3) is 8530. The van der Waals surface area contributed by atoms with Gasteiger partial charge in [-0.25, -0.2) is 0 Å². The summed E-state index contributed by atoms with van der Waals surface area (Å²) in [5, 5.41) is 0. The van der Waals surface area contributed by atoms with Crippen molar-refractivity contribution in [2.24, 2.45) is 0 Å². The van der Waals surface area contributed by atoms with Crippen molar-refractivity contribution in [3.8, 4) is 0 Å². The molecule has 0 unspecified atom stereocenters. The maximum absolute atomic E-state index is 7.47. The van der Waals surface area contributed by atoms with E-state index in [-0.39, 0.29) is 0 Å². The summed E-state index contributed by atoms with van der Waals surface area (Å²) in [6.07, 6.45) is 0. The first-order valence-corrected chi connectivity index (χ1v) is 3.29. The molecule has 48 valence electrons. The van der Waals surface area contributed by atoms with Gasteiger partial charge < -0.3 is 0 Å². The first-order chi connectivity index (χ1) is 2.45. The fourth-order valence-corrected chi connectivity index (χ4v) is 0. The summed E-state index contributed by atoms with van der Waals surface area (Å²) in [6, 6.07) is 0. The van der Waals surface area contributed by atoms with Crippen LogP contribution in [0, 0.1) is 0 Å². The Hall–Kier alpha value is 0.110. The van der Waals surface area contributed by atoms with Crippen LogP contribution in [-0.4, -0.2) is 27.3 Å². The highest BCUT2D eigenvalue weighted by atomic mass is 32.4. The fraction of sp³-hybridized carbons (Fsp3) is 0. The molecule has 0 heterocycles. The summed E-state index contributed by atoms with van der Waals surface area (Å²) >= 11 is 0. The zero-order chi connectivity index (χ0) is 6.41. The molecule has 0 fully saturated rings. The molecule has 0 atom stereocenters. The summed E-state index contributed by atoms with van der Waals surface area (Å²) in [6.45, 7) is 0. The molecule has 0 aromatic heterocycles. The summed E-state index contributed by atoms with van der Waals surface area (Å²) in [7, 11) is -7.47. The minimum Gasteiger partial charge on any atom is -0.272 e. The van der Waals surface area contributed by atoms with Gasteiger partial charge in [0.1, 0.15) is 0 Å². The second kappa shape index (κ2) is 0.699. The smallest absolute Gasteiger partial charge is 0.213 e.